The highest BCUT2D eigenvalue weighted by atomic mass is 16.6. The molecule has 0 aliphatic carbocycles. The molecule has 0 N–H and O–H groups in total. The number of piperazine rings is 1. The maximum Gasteiger partial charge on any atom is 0.410 e. The predicted octanol–water partition coefficient (Wildman–Crippen LogP) is 3.68. The number of carbonyl (C=O) groups is 2. The normalized spacial score (nSPS) is 24.3. The molecule has 0 saturated carbocycles. The lowest BCUT2D eigenvalue weighted by molar-refractivity contribution is -0.151. The van der Waals surface area contributed by atoms with Crippen LogP contribution >= 0.6 is 0 Å². The molecule has 9 nitrogen and oxygen atoms in total. The summed E-state index contributed by atoms with van der Waals surface area (Å²) in [6.07, 6.45) is 2.62. The zero-order chi connectivity index (χ0) is 27.6. The number of morpholine rings is 1. The zero-order valence-electron chi connectivity index (χ0n) is 24.2. The zero-order valence-corrected chi connectivity index (χ0v) is 24.2. The van der Waals surface area contributed by atoms with E-state index in [1.165, 1.54) is 16.9 Å². The number of carbonyl (C=O) groups excluding carboxylic acids is 2. The third kappa shape index (κ3) is 6.62. The summed E-state index contributed by atoms with van der Waals surface area (Å²) in [5, 5.41) is 0. The van der Waals surface area contributed by atoms with Crippen LogP contribution in [0.25, 0.3) is 0 Å². The van der Waals surface area contributed by atoms with Crippen LogP contribution in [-0.2, 0) is 19.0 Å². The molecule has 39 heavy (non-hydrogen) atoms. The molecular formula is C30H46N4O5. The van der Waals surface area contributed by atoms with Gasteiger partial charge >= 0.3 is 12.1 Å². The summed E-state index contributed by atoms with van der Waals surface area (Å²) >= 11 is 0. The first-order valence-electron chi connectivity index (χ1n) is 14.7. The Morgan fingerprint density at radius 3 is 2.31 bits per heavy atom. The number of cyclic esters (lactones) is 1. The predicted molar refractivity (Wildman–Crippen MR) is 151 cm³/mol. The summed E-state index contributed by atoms with van der Waals surface area (Å²) < 4.78 is 17.0. The molecule has 0 aromatic heterocycles. The Labute approximate surface area is 233 Å². The Hall–Kier alpha value is -2.52. The summed E-state index contributed by atoms with van der Waals surface area (Å²) in [5.74, 6) is -0.0730. The van der Waals surface area contributed by atoms with Crippen molar-refractivity contribution in [3.63, 3.8) is 0 Å². The summed E-state index contributed by atoms with van der Waals surface area (Å²) in [6.45, 7) is 17.3. The number of hydrogen-bond donors (Lipinski definition) is 0. The SMILES string of the molecule is Cc1ccc(N2CCN(CCC3CC4(CCN(C(=O)OC(C)(C)C)CC4)C(=O)O3)CC2)c(N2CCOCC2)c1. The number of amides is 1. The fourth-order valence-electron chi connectivity index (χ4n) is 6.35. The highest BCUT2D eigenvalue weighted by Gasteiger charge is 2.51. The van der Waals surface area contributed by atoms with Crippen LogP contribution in [-0.4, -0.2) is 106 Å². The number of rotatable bonds is 5. The monoisotopic (exact) mass is 542 g/mol. The first kappa shape index (κ1) is 28.0. The van der Waals surface area contributed by atoms with Crippen LogP contribution in [0.15, 0.2) is 18.2 Å². The lowest BCUT2D eigenvalue weighted by Crippen LogP contribution is -2.48. The van der Waals surface area contributed by atoms with Crippen LogP contribution in [0, 0.1) is 12.3 Å². The summed E-state index contributed by atoms with van der Waals surface area (Å²) in [4.78, 5) is 34.6. The molecule has 9 heteroatoms. The van der Waals surface area contributed by atoms with Gasteiger partial charge in [0.25, 0.3) is 0 Å². The molecule has 5 rings (SSSR count). The minimum atomic E-state index is -0.514. The van der Waals surface area contributed by atoms with E-state index in [2.05, 4.69) is 39.8 Å². The van der Waals surface area contributed by atoms with E-state index in [4.69, 9.17) is 14.2 Å². The van der Waals surface area contributed by atoms with Crippen molar-refractivity contribution in [1.29, 1.82) is 0 Å². The number of benzene rings is 1. The molecule has 0 radical (unpaired) electrons. The van der Waals surface area contributed by atoms with Crippen LogP contribution in [0.2, 0.25) is 0 Å². The van der Waals surface area contributed by atoms with E-state index in [1.54, 1.807) is 4.90 Å². The van der Waals surface area contributed by atoms with Gasteiger partial charge in [0.15, 0.2) is 0 Å². The van der Waals surface area contributed by atoms with E-state index in [0.717, 1.165) is 71.9 Å². The van der Waals surface area contributed by atoms with Crippen LogP contribution in [0.4, 0.5) is 16.2 Å². The molecule has 1 amide bonds. The van der Waals surface area contributed by atoms with Crippen LogP contribution in [0.1, 0.15) is 52.0 Å². The number of esters is 1. The maximum atomic E-state index is 12.9. The standard InChI is InChI=1S/C30H46N4O5/c1-23-5-6-25(26(21-23)33-17-19-37-20-18-33)32-15-13-31(14-16-32)10-7-24-22-30(27(35)38-24)8-11-34(12-9-30)28(36)39-29(2,3)4/h5-6,21,24H,7-20,22H2,1-4H3. The van der Waals surface area contributed by atoms with Crippen molar-refractivity contribution in [1.82, 2.24) is 9.80 Å². The second-order valence-electron chi connectivity index (χ2n) is 12.7. The molecular weight excluding hydrogens is 496 g/mol. The molecule has 1 atom stereocenters. The third-order valence-electron chi connectivity index (χ3n) is 8.66. The minimum Gasteiger partial charge on any atom is -0.462 e. The van der Waals surface area contributed by atoms with Crippen molar-refractivity contribution in [3.8, 4) is 0 Å². The van der Waals surface area contributed by atoms with Gasteiger partial charge < -0.3 is 28.9 Å². The van der Waals surface area contributed by atoms with Gasteiger partial charge in [-0.15, -0.1) is 0 Å². The molecule has 4 aliphatic heterocycles. The average molecular weight is 543 g/mol. The highest BCUT2D eigenvalue weighted by molar-refractivity contribution is 5.80. The van der Waals surface area contributed by atoms with Crippen molar-refractivity contribution < 1.29 is 23.8 Å². The van der Waals surface area contributed by atoms with Crippen molar-refractivity contribution in [2.24, 2.45) is 5.41 Å². The van der Waals surface area contributed by atoms with Crippen molar-refractivity contribution >= 4 is 23.4 Å². The summed E-state index contributed by atoms with van der Waals surface area (Å²) in [7, 11) is 0. The number of hydrogen-bond acceptors (Lipinski definition) is 8. The van der Waals surface area contributed by atoms with E-state index in [0.29, 0.717) is 25.9 Å². The van der Waals surface area contributed by atoms with Crippen LogP contribution in [0.5, 0.6) is 0 Å². The van der Waals surface area contributed by atoms with E-state index < -0.39 is 11.0 Å². The van der Waals surface area contributed by atoms with Crippen molar-refractivity contribution in [3.05, 3.63) is 23.8 Å². The smallest absolute Gasteiger partial charge is 0.410 e. The molecule has 0 bridgehead atoms. The highest BCUT2D eigenvalue weighted by Crippen LogP contribution is 2.44. The molecule has 1 aromatic rings. The first-order chi connectivity index (χ1) is 18.6. The van der Waals surface area contributed by atoms with Crippen molar-refractivity contribution in [2.75, 3.05) is 81.9 Å². The Morgan fingerprint density at radius 2 is 1.64 bits per heavy atom. The molecule has 4 fully saturated rings. The van der Waals surface area contributed by atoms with Crippen LogP contribution in [0.3, 0.4) is 0 Å². The number of piperidine rings is 1. The van der Waals surface area contributed by atoms with E-state index in [1.807, 2.05) is 20.8 Å². The molecule has 1 unspecified atom stereocenters. The van der Waals surface area contributed by atoms with Gasteiger partial charge in [0.2, 0.25) is 0 Å². The number of ether oxygens (including phenoxy) is 3. The quantitative estimate of drug-likeness (QED) is 0.522. The number of anilines is 2. The van der Waals surface area contributed by atoms with E-state index in [-0.39, 0.29) is 18.2 Å². The summed E-state index contributed by atoms with van der Waals surface area (Å²) in [5.41, 5.74) is 2.99. The van der Waals surface area contributed by atoms with Gasteiger partial charge in [-0.1, -0.05) is 6.07 Å². The Kier molecular flexibility index (Phi) is 8.29. The Morgan fingerprint density at radius 1 is 0.974 bits per heavy atom. The molecule has 1 spiro atoms. The Bertz CT molecular complexity index is 1020. The van der Waals surface area contributed by atoms with Gasteiger partial charge in [-0.3, -0.25) is 9.69 Å². The van der Waals surface area contributed by atoms with Gasteiger partial charge in [0.05, 0.1) is 30.0 Å². The van der Waals surface area contributed by atoms with Crippen molar-refractivity contribution in [2.45, 2.75) is 65.1 Å². The second-order valence-corrected chi connectivity index (χ2v) is 12.7. The van der Waals surface area contributed by atoms with E-state index >= 15 is 0 Å². The van der Waals surface area contributed by atoms with Gasteiger partial charge in [0.1, 0.15) is 11.7 Å². The lowest BCUT2D eigenvalue weighted by Gasteiger charge is -2.39. The molecule has 4 aliphatic rings. The molecule has 4 heterocycles. The summed E-state index contributed by atoms with van der Waals surface area (Å²) in [6, 6.07) is 6.81. The molecule has 1 aromatic carbocycles. The fraction of sp³-hybridized carbons (Fsp3) is 0.733. The number of likely N-dealkylation sites (tertiary alicyclic amines) is 1. The first-order valence-corrected chi connectivity index (χ1v) is 14.7. The van der Waals surface area contributed by atoms with Gasteiger partial charge in [0, 0.05) is 65.3 Å². The number of aryl methyl sites for hydroxylation is 1. The topological polar surface area (TPSA) is 74.8 Å². The fourth-order valence-corrected chi connectivity index (χ4v) is 6.35. The largest absolute Gasteiger partial charge is 0.462 e. The average Bonchev–Trinajstić information content (AvgIpc) is 3.22. The van der Waals surface area contributed by atoms with Gasteiger partial charge in [-0.05, 0) is 64.7 Å². The second kappa shape index (κ2) is 11.5. The number of nitrogens with zero attached hydrogens (tertiary/aromatic N) is 4. The molecule has 4 saturated heterocycles. The van der Waals surface area contributed by atoms with Gasteiger partial charge in [-0.25, -0.2) is 4.79 Å². The Balaban J connectivity index is 1.09. The third-order valence-corrected chi connectivity index (χ3v) is 8.66. The van der Waals surface area contributed by atoms with Crippen LogP contribution < -0.4 is 9.80 Å². The molecule has 216 valence electrons. The maximum absolute atomic E-state index is 12.9. The van der Waals surface area contributed by atoms with Gasteiger partial charge in [-0.2, -0.15) is 0 Å². The van der Waals surface area contributed by atoms with E-state index in [9.17, 15) is 9.59 Å². The lowest BCUT2D eigenvalue weighted by atomic mass is 9.76. The minimum absolute atomic E-state index is 0.0337.